The quantitative estimate of drug-likeness (QED) is 0.0694. The van der Waals surface area contributed by atoms with Gasteiger partial charge in [-0.2, -0.15) is 0 Å². The zero-order valence-corrected chi connectivity index (χ0v) is 25.8. The number of aromatic amines is 1. The van der Waals surface area contributed by atoms with Crippen LogP contribution in [-0.4, -0.2) is 117 Å². The topological polar surface area (TPSA) is 275 Å². The lowest BCUT2D eigenvalue weighted by Gasteiger charge is -2.26. The molecule has 0 aliphatic carbocycles. The molecule has 0 unspecified atom stereocenters. The van der Waals surface area contributed by atoms with E-state index in [0.29, 0.717) is 44.3 Å². The molecule has 0 saturated carbocycles. The normalized spacial score (nSPS) is 17.2. The molecule has 252 valence electrons. The van der Waals surface area contributed by atoms with Crippen molar-refractivity contribution in [1.82, 2.24) is 36.1 Å². The van der Waals surface area contributed by atoms with Gasteiger partial charge in [0.05, 0.1) is 25.5 Å². The molecule has 1 saturated heterocycles. The number of imidazole rings is 1. The number of aliphatic carboxylic acids is 1. The van der Waals surface area contributed by atoms with E-state index >= 15 is 0 Å². The third-order valence-electron chi connectivity index (χ3n) is 7.34. The lowest BCUT2D eigenvalue weighted by atomic mass is 10.0. The van der Waals surface area contributed by atoms with E-state index < -0.39 is 78.9 Å². The van der Waals surface area contributed by atoms with E-state index in [4.69, 9.17) is 11.5 Å². The van der Waals surface area contributed by atoms with Crippen molar-refractivity contribution in [2.45, 2.75) is 89.0 Å². The van der Waals surface area contributed by atoms with Gasteiger partial charge in [-0.3, -0.25) is 24.0 Å². The molecule has 17 nitrogen and oxygen atoms in total. The van der Waals surface area contributed by atoms with Gasteiger partial charge in [0, 0.05) is 24.9 Å². The van der Waals surface area contributed by atoms with E-state index in [9.17, 15) is 39.0 Å². The first-order valence-corrected chi connectivity index (χ1v) is 15.1. The molecule has 5 atom stereocenters. The van der Waals surface area contributed by atoms with Crippen LogP contribution >= 0.6 is 0 Å². The maximum absolute atomic E-state index is 13.5. The zero-order valence-electron chi connectivity index (χ0n) is 25.8. The SMILES string of the molecule is CC(C)C[C@H](N)C(=O)N[C@@H](CO)C(=O)N[C@@H](Cc1cnc[nH]1)C(=O)N[C@@H](CCCCN)C(=O)NCC(=O)N1CCC[C@H]1C(=O)O. The van der Waals surface area contributed by atoms with Gasteiger partial charge in [-0.15, -0.1) is 0 Å². The number of amides is 5. The molecule has 0 radical (unpaired) electrons. The summed E-state index contributed by atoms with van der Waals surface area (Å²) in [6, 6.07) is -5.65. The number of aliphatic hydroxyl groups is 1. The molecular formula is C28H47N9O8. The lowest BCUT2D eigenvalue weighted by molar-refractivity contribution is -0.148. The second-order valence-corrected chi connectivity index (χ2v) is 11.5. The van der Waals surface area contributed by atoms with Crippen LogP contribution in [0.4, 0.5) is 0 Å². The number of hydrogen-bond donors (Lipinski definition) is 9. The summed E-state index contributed by atoms with van der Waals surface area (Å²) < 4.78 is 0. The molecule has 17 heteroatoms. The number of aliphatic hydroxyl groups excluding tert-OH is 1. The van der Waals surface area contributed by atoms with Gasteiger partial charge in [0.15, 0.2) is 0 Å². The van der Waals surface area contributed by atoms with E-state index in [-0.39, 0.29) is 25.3 Å². The van der Waals surface area contributed by atoms with Crippen molar-refractivity contribution in [2.24, 2.45) is 17.4 Å². The standard InChI is InChI=1S/C28H47N9O8/c1-16(2)10-18(30)24(40)36-21(14-38)27(43)35-20(11-17-12-31-15-33-17)26(42)34-19(6-3-4-8-29)25(41)32-13-23(39)37-9-5-7-22(37)28(44)45/h12,15-16,18-22,38H,3-11,13-14,29-30H2,1-2H3,(H,31,33)(H,32,41)(H,34,42)(H,35,43)(H,36,40)(H,44,45)/t18-,19-,20-,21-,22-/m0/s1. The first kappa shape index (κ1) is 37.1. The average Bonchev–Trinajstić information content (AvgIpc) is 3.70. The Morgan fingerprint density at radius 2 is 1.69 bits per heavy atom. The number of nitrogens with zero attached hydrogens (tertiary/aromatic N) is 2. The van der Waals surface area contributed by atoms with E-state index in [1.807, 2.05) is 13.8 Å². The number of carbonyl (C=O) groups is 6. The van der Waals surface area contributed by atoms with Crippen LogP contribution in [0.2, 0.25) is 0 Å². The number of carboxylic acids is 1. The van der Waals surface area contributed by atoms with Crippen LogP contribution in [-0.2, 0) is 35.2 Å². The molecule has 0 bridgehead atoms. The van der Waals surface area contributed by atoms with Gasteiger partial charge < -0.3 is 52.8 Å². The van der Waals surface area contributed by atoms with Crippen LogP contribution in [0.3, 0.4) is 0 Å². The number of H-pyrrole nitrogens is 1. The minimum Gasteiger partial charge on any atom is -0.480 e. The molecule has 5 amide bonds. The highest BCUT2D eigenvalue weighted by atomic mass is 16.4. The number of aromatic nitrogens is 2. The zero-order chi connectivity index (χ0) is 33.5. The molecule has 1 aromatic rings. The van der Waals surface area contributed by atoms with Crippen LogP contribution in [0, 0.1) is 5.92 Å². The molecule has 2 heterocycles. The second kappa shape index (κ2) is 18.7. The first-order valence-electron chi connectivity index (χ1n) is 15.1. The average molecular weight is 638 g/mol. The van der Waals surface area contributed by atoms with Crippen LogP contribution in [0.5, 0.6) is 0 Å². The van der Waals surface area contributed by atoms with Gasteiger partial charge in [0.1, 0.15) is 24.2 Å². The van der Waals surface area contributed by atoms with Crippen LogP contribution in [0.15, 0.2) is 12.5 Å². The summed E-state index contributed by atoms with van der Waals surface area (Å²) in [5.74, 6) is -4.48. The lowest BCUT2D eigenvalue weighted by Crippen LogP contribution is -2.59. The summed E-state index contributed by atoms with van der Waals surface area (Å²) in [5, 5.41) is 29.2. The van der Waals surface area contributed by atoms with E-state index in [2.05, 4.69) is 31.2 Å². The van der Waals surface area contributed by atoms with E-state index in [1.54, 1.807) is 0 Å². The molecule has 1 fully saturated rings. The minimum atomic E-state index is -1.40. The molecule has 2 rings (SSSR count). The molecule has 0 spiro atoms. The highest BCUT2D eigenvalue weighted by molar-refractivity contribution is 5.95. The summed E-state index contributed by atoms with van der Waals surface area (Å²) >= 11 is 0. The fourth-order valence-corrected chi connectivity index (χ4v) is 4.93. The first-order chi connectivity index (χ1) is 21.4. The molecule has 1 aliphatic heterocycles. The van der Waals surface area contributed by atoms with Crippen molar-refractivity contribution >= 4 is 35.5 Å². The highest BCUT2D eigenvalue weighted by Crippen LogP contribution is 2.17. The molecule has 11 N–H and O–H groups in total. The van der Waals surface area contributed by atoms with Crippen molar-refractivity contribution in [3.8, 4) is 0 Å². The third kappa shape index (κ3) is 12.1. The van der Waals surface area contributed by atoms with E-state index in [0.717, 1.165) is 0 Å². The van der Waals surface area contributed by atoms with Gasteiger partial charge in [0.25, 0.3) is 0 Å². The molecule has 1 aliphatic rings. The Morgan fingerprint density at radius 3 is 2.29 bits per heavy atom. The molecular weight excluding hydrogens is 590 g/mol. The van der Waals surface area contributed by atoms with Gasteiger partial charge >= 0.3 is 5.97 Å². The number of hydrogen-bond acceptors (Lipinski definition) is 10. The largest absolute Gasteiger partial charge is 0.480 e. The summed E-state index contributed by atoms with van der Waals surface area (Å²) in [5.41, 5.74) is 12.0. The number of likely N-dealkylation sites (tertiary alicyclic amines) is 1. The van der Waals surface area contributed by atoms with Crippen molar-refractivity contribution in [3.63, 3.8) is 0 Å². The number of carbonyl (C=O) groups excluding carboxylic acids is 5. The predicted molar refractivity (Wildman–Crippen MR) is 161 cm³/mol. The minimum absolute atomic E-state index is 0.0717. The Bertz CT molecular complexity index is 1150. The Morgan fingerprint density at radius 1 is 1.02 bits per heavy atom. The molecule has 0 aromatic carbocycles. The monoisotopic (exact) mass is 637 g/mol. The molecule has 1 aromatic heterocycles. The highest BCUT2D eigenvalue weighted by Gasteiger charge is 2.35. The number of rotatable bonds is 19. The summed E-state index contributed by atoms with van der Waals surface area (Å²) in [6.45, 7) is 3.15. The maximum atomic E-state index is 13.5. The van der Waals surface area contributed by atoms with Gasteiger partial charge in [-0.05, 0) is 51.0 Å². The Labute approximate surface area is 261 Å². The van der Waals surface area contributed by atoms with Crippen LogP contribution in [0.25, 0.3) is 0 Å². The van der Waals surface area contributed by atoms with Crippen molar-refractivity contribution < 1.29 is 39.0 Å². The second-order valence-electron chi connectivity index (χ2n) is 11.5. The summed E-state index contributed by atoms with van der Waals surface area (Å²) in [7, 11) is 0. The predicted octanol–water partition coefficient (Wildman–Crippen LogP) is -2.91. The fraction of sp³-hybridized carbons (Fsp3) is 0.679. The number of carboxylic acid groups (broad SMARTS) is 1. The smallest absolute Gasteiger partial charge is 0.326 e. The summed E-state index contributed by atoms with van der Waals surface area (Å²) in [6.07, 6.45) is 5.15. The maximum Gasteiger partial charge on any atom is 0.326 e. The van der Waals surface area contributed by atoms with Gasteiger partial charge in [-0.25, -0.2) is 9.78 Å². The summed E-state index contributed by atoms with van der Waals surface area (Å²) in [4.78, 5) is 84.3. The van der Waals surface area contributed by atoms with Crippen molar-refractivity contribution in [2.75, 3.05) is 26.2 Å². The van der Waals surface area contributed by atoms with Gasteiger partial charge in [0.2, 0.25) is 29.5 Å². The Balaban J connectivity index is 2.14. The van der Waals surface area contributed by atoms with E-state index in [1.165, 1.54) is 17.4 Å². The Hall–Kier alpha value is -4.09. The van der Waals surface area contributed by atoms with Crippen LogP contribution < -0.4 is 32.7 Å². The van der Waals surface area contributed by atoms with Crippen molar-refractivity contribution in [3.05, 3.63) is 18.2 Å². The van der Waals surface area contributed by atoms with Crippen LogP contribution in [0.1, 0.15) is 58.1 Å². The number of nitrogens with two attached hydrogens (primary N) is 2. The number of nitrogens with one attached hydrogen (secondary N) is 5. The Kier molecular flexibility index (Phi) is 15.4. The third-order valence-corrected chi connectivity index (χ3v) is 7.34. The van der Waals surface area contributed by atoms with Crippen molar-refractivity contribution in [1.29, 1.82) is 0 Å². The number of unbranched alkanes of at least 4 members (excludes halogenated alkanes) is 1. The molecule has 45 heavy (non-hydrogen) atoms. The van der Waals surface area contributed by atoms with Gasteiger partial charge in [-0.1, -0.05) is 13.8 Å². The fourth-order valence-electron chi connectivity index (χ4n) is 4.93.